The first-order valence-electron chi connectivity index (χ1n) is 9.91. The lowest BCUT2D eigenvalue weighted by atomic mass is 9.94. The van der Waals surface area contributed by atoms with Crippen molar-refractivity contribution in [2.24, 2.45) is 5.41 Å². The van der Waals surface area contributed by atoms with Gasteiger partial charge in [0.1, 0.15) is 13.2 Å². The number of ether oxygens (including phenoxy) is 2. The van der Waals surface area contributed by atoms with Gasteiger partial charge in [0.05, 0.1) is 4.88 Å². The minimum absolute atomic E-state index is 0.0293. The Kier molecular flexibility index (Phi) is 5.25. The average Bonchev–Trinajstić information content (AvgIpc) is 3.22. The number of carbonyl (C=O) groups is 2. The number of piperazine rings is 1. The summed E-state index contributed by atoms with van der Waals surface area (Å²) in [5.74, 6) is 1.67. The predicted octanol–water partition coefficient (Wildman–Crippen LogP) is 3.52. The van der Waals surface area contributed by atoms with Crippen LogP contribution in [0, 0.1) is 5.41 Å². The van der Waals surface area contributed by atoms with Crippen molar-refractivity contribution in [3.05, 3.63) is 35.2 Å². The van der Waals surface area contributed by atoms with E-state index in [1.807, 2.05) is 60.9 Å². The smallest absolute Gasteiger partial charge is 0.264 e. The van der Waals surface area contributed by atoms with Gasteiger partial charge in [0.2, 0.25) is 5.91 Å². The van der Waals surface area contributed by atoms with Gasteiger partial charge >= 0.3 is 0 Å². The van der Waals surface area contributed by atoms with Gasteiger partial charge in [-0.3, -0.25) is 9.59 Å². The Morgan fingerprint density at radius 1 is 0.897 bits per heavy atom. The fraction of sp³-hybridized carbons (Fsp3) is 0.455. The van der Waals surface area contributed by atoms with Gasteiger partial charge in [0, 0.05) is 36.5 Å². The predicted molar refractivity (Wildman–Crippen MR) is 113 cm³/mol. The minimum atomic E-state index is -0.390. The van der Waals surface area contributed by atoms with Crippen molar-refractivity contribution in [2.75, 3.05) is 39.4 Å². The zero-order valence-corrected chi connectivity index (χ0v) is 17.9. The highest BCUT2D eigenvalue weighted by Gasteiger charge is 2.31. The van der Waals surface area contributed by atoms with E-state index in [4.69, 9.17) is 9.47 Å². The second-order valence-corrected chi connectivity index (χ2v) is 9.44. The Balaban J connectivity index is 1.42. The fourth-order valence-electron chi connectivity index (χ4n) is 3.55. The molecule has 0 unspecified atom stereocenters. The molecule has 2 amide bonds. The molecule has 1 aromatic heterocycles. The van der Waals surface area contributed by atoms with Gasteiger partial charge in [-0.2, -0.15) is 0 Å². The van der Waals surface area contributed by atoms with Crippen molar-refractivity contribution in [3.8, 4) is 21.9 Å². The van der Waals surface area contributed by atoms with Crippen LogP contribution < -0.4 is 9.47 Å². The van der Waals surface area contributed by atoms with Gasteiger partial charge in [-0.1, -0.05) is 20.8 Å². The third kappa shape index (κ3) is 4.10. The maximum absolute atomic E-state index is 12.9. The topological polar surface area (TPSA) is 59.1 Å². The monoisotopic (exact) mass is 414 g/mol. The highest BCUT2D eigenvalue weighted by Crippen LogP contribution is 2.37. The van der Waals surface area contributed by atoms with E-state index in [0.717, 1.165) is 21.9 Å². The Bertz CT molecular complexity index is 923. The molecule has 0 saturated carbocycles. The number of carbonyl (C=O) groups excluding carboxylic acids is 2. The molecule has 29 heavy (non-hydrogen) atoms. The number of rotatable bonds is 2. The normalized spacial score (nSPS) is 16.7. The van der Waals surface area contributed by atoms with Crippen LogP contribution in [0.4, 0.5) is 0 Å². The van der Waals surface area contributed by atoms with Crippen molar-refractivity contribution in [1.29, 1.82) is 0 Å². The van der Waals surface area contributed by atoms with E-state index in [1.165, 1.54) is 11.3 Å². The number of hydrogen-bond donors (Lipinski definition) is 0. The van der Waals surface area contributed by atoms with E-state index in [1.54, 1.807) is 0 Å². The summed E-state index contributed by atoms with van der Waals surface area (Å²) < 4.78 is 11.2. The second kappa shape index (κ2) is 7.71. The van der Waals surface area contributed by atoms with Gasteiger partial charge in [-0.15, -0.1) is 11.3 Å². The molecule has 0 bridgehead atoms. The molecule has 1 fully saturated rings. The molecule has 7 heteroatoms. The molecule has 1 aromatic carbocycles. The molecule has 0 N–H and O–H groups in total. The van der Waals surface area contributed by atoms with E-state index >= 15 is 0 Å². The van der Waals surface area contributed by atoms with Crippen LogP contribution >= 0.6 is 11.3 Å². The van der Waals surface area contributed by atoms with Crippen LogP contribution in [0.2, 0.25) is 0 Å². The van der Waals surface area contributed by atoms with Gasteiger partial charge in [0.25, 0.3) is 5.91 Å². The van der Waals surface area contributed by atoms with Gasteiger partial charge < -0.3 is 19.3 Å². The Morgan fingerprint density at radius 3 is 2.24 bits per heavy atom. The lowest BCUT2D eigenvalue weighted by Gasteiger charge is -2.37. The van der Waals surface area contributed by atoms with Crippen LogP contribution in [0.5, 0.6) is 11.5 Å². The quantitative estimate of drug-likeness (QED) is 0.755. The summed E-state index contributed by atoms with van der Waals surface area (Å²) in [5, 5.41) is 0. The first-order valence-corrected chi connectivity index (χ1v) is 10.7. The Labute approximate surface area is 175 Å². The van der Waals surface area contributed by atoms with Gasteiger partial charge in [-0.05, 0) is 35.9 Å². The number of amides is 2. The Morgan fingerprint density at radius 2 is 1.55 bits per heavy atom. The number of hydrogen-bond acceptors (Lipinski definition) is 5. The molecule has 4 rings (SSSR count). The largest absolute Gasteiger partial charge is 0.486 e. The first-order chi connectivity index (χ1) is 13.8. The van der Waals surface area contributed by atoms with Crippen molar-refractivity contribution < 1.29 is 19.1 Å². The third-order valence-electron chi connectivity index (χ3n) is 5.14. The van der Waals surface area contributed by atoms with E-state index in [-0.39, 0.29) is 11.8 Å². The lowest BCUT2D eigenvalue weighted by Crippen LogP contribution is -2.52. The summed E-state index contributed by atoms with van der Waals surface area (Å²) in [6.07, 6.45) is 0. The number of fused-ring (bicyclic) bond motifs is 1. The number of thiophene rings is 1. The molecule has 0 atom stereocenters. The molecule has 2 aliphatic rings. The number of nitrogens with zero attached hydrogens (tertiary/aromatic N) is 2. The van der Waals surface area contributed by atoms with E-state index in [9.17, 15) is 9.59 Å². The maximum Gasteiger partial charge on any atom is 0.264 e. The highest BCUT2D eigenvalue weighted by molar-refractivity contribution is 7.17. The zero-order valence-electron chi connectivity index (χ0n) is 17.1. The summed E-state index contributed by atoms with van der Waals surface area (Å²) >= 11 is 1.48. The second-order valence-electron chi connectivity index (χ2n) is 8.36. The SMILES string of the molecule is CC(C)(C)C(=O)N1CCN(C(=O)c2ccc(-c3ccc4c(c3)OCCO4)s2)CC1. The summed E-state index contributed by atoms with van der Waals surface area (Å²) in [4.78, 5) is 30.8. The van der Waals surface area contributed by atoms with Gasteiger partial charge in [-0.25, -0.2) is 0 Å². The molecule has 154 valence electrons. The van der Waals surface area contributed by atoms with Crippen LogP contribution in [0.15, 0.2) is 30.3 Å². The van der Waals surface area contributed by atoms with Crippen LogP contribution in [0.1, 0.15) is 30.4 Å². The van der Waals surface area contributed by atoms with Crippen molar-refractivity contribution in [3.63, 3.8) is 0 Å². The highest BCUT2D eigenvalue weighted by atomic mass is 32.1. The first kappa shape index (κ1) is 19.8. The van der Waals surface area contributed by atoms with Crippen molar-refractivity contribution in [2.45, 2.75) is 20.8 Å². The summed E-state index contributed by atoms with van der Waals surface area (Å²) in [6, 6.07) is 9.72. The van der Waals surface area contributed by atoms with Crippen LogP contribution in [0.25, 0.3) is 10.4 Å². The van der Waals surface area contributed by atoms with E-state index in [2.05, 4.69) is 0 Å². The maximum atomic E-state index is 12.9. The lowest BCUT2D eigenvalue weighted by molar-refractivity contribution is -0.140. The molecule has 1 saturated heterocycles. The molecule has 2 aliphatic heterocycles. The molecular formula is C22H26N2O4S. The minimum Gasteiger partial charge on any atom is -0.486 e. The Hall–Kier alpha value is -2.54. The molecule has 0 aliphatic carbocycles. The molecule has 0 spiro atoms. The third-order valence-corrected chi connectivity index (χ3v) is 6.26. The van der Waals surface area contributed by atoms with Crippen LogP contribution in [0.3, 0.4) is 0 Å². The fourth-order valence-corrected chi connectivity index (χ4v) is 4.52. The molecule has 3 heterocycles. The van der Waals surface area contributed by atoms with E-state index in [0.29, 0.717) is 44.3 Å². The van der Waals surface area contributed by atoms with Gasteiger partial charge in [0.15, 0.2) is 11.5 Å². The van der Waals surface area contributed by atoms with Crippen molar-refractivity contribution >= 4 is 23.2 Å². The molecule has 2 aromatic rings. The zero-order chi connectivity index (χ0) is 20.6. The van der Waals surface area contributed by atoms with Crippen molar-refractivity contribution in [1.82, 2.24) is 9.80 Å². The molecule has 6 nitrogen and oxygen atoms in total. The standard InChI is InChI=1S/C22H26N2O4S/c1-22(2,3)21(26)24-10-8-23(9-11-24)20(25)19-7-6-18(29-19)15-4-5-16-17(14-15)28-13-12-27-16/h4-7,14H,8-13H2,1-3H3. The number of benzene rings is 1. The van der Waals surface area contributed by atoms with Crippen LogP contribution in [-0.2, 0) is 4.79 Å². The summed E-state index contributed by atoms with van der Waals surface area (Å²) in [7, 11) is 0. The molecule has 0 radical (unpaired) electrons. The summed E-state index contributed by atoms with van der Waals surface area (Å²) in [6.45, 7) is 9.21. The average molecular weight is 415 g/mol. The van der Waals surface area contributed by atoms with E-state index < -0.39 is 5.41 Å². The summed E-state index contributed by atoms with van der Waals surface area (Å²) in [5.41, 5.74) is 0.622. The molecular weight excluding hydrogens is 388 g/mol. The van der Waals surface area contributed by atoms with Crippen LogP contribution in [-0.4, -0.2) is 61.0 Å².